The van der Waals surface area contributed by atoms with Gasteiger partial charge in [0, 0.05) is 5.92 Å². The van der Waals surface area contributed by atoms with Crippen molar-refractivity contribution in [3.63, 3.8) is 0 Å². The molecular weight excluding hydrogens is 265 g/mol. The normalized spacial score (nSPS) is 23.3. The van der Waals surface area contributed by atoms with Gasteiger partial charge in [0.2, 0.25) is 5.16 Å². The minimum absolute atomic E-state index is 0.101. The molecule has 0 N–H and O–H groups in total. The molecule has 1 aromatic carbocycles. The number of hydrogen-bond acceptors (Lipinski definition) is 3. The topological polar surface area (TPSA) is 47.8 Å². The number of benzene rings is 1. The minimum atomic E-state index is -1.74. The van der Waals surface area contributed by atoms with E-state index >= 15 is 0 Å². The van der Waals surface area contributed by atoms with Crippen LogP contribution in [0, 0.1) is 0 Å². The highest BCUT2D eigenvalue weighted by molar-refractivity contribution is 7.84. The van der Waals surface area contributed by atoms with E-state index < -0.39 is 16.8 Å². The second-order valence-electron chi connectivity index (χ2n) is 4.72. The van der Waals surface area contributed by atoms with Crippen molar-refractivity contribution in [2.45, 2.75) is 30.5 Å². The Morgan fingerprint density at radius 1 is 1.42 bits per heavy atom. The summed E-state index contributed by atoms with van der Waals surface area (Å²) in [4.78, 5) is 4.23. The Hall–Kier alpha value is -1.56. The lowest BCUT2D eigenvalue weighted by Gasteiger charge is -2.11. The van der Waals surface area contributed by atoms with Crippen LogP contribution in [0.15, 0.2) is 35.5 Å². The molecule has 0 radical (unpaired) electrons. The van der Waals surface area contributed by atoms with Crippen molar-refractivity contribution in [2.75, 3.05) is 6.01 Å². The lowest BCUT2D eigenvalue weighted by atomic mass is 10.0. The largest absolute Gasteiger partial charge is 0.248 e. The van der Waals surface area contributed by atoms with Gasteiger partial charge in [-0.05, 0) is 12.0 Å². The van der Waals surface area contributed by atoms with E-state index in [9.17, 15) is 8.60 Å². The fourth-order valence-electron chi connectivity index (χ4n) is 2.52. The molecule has 100 valence electrons. The van der Waals surface area contributed by atoms with E-state index in [1.54, 1.807) is 4.68 Å². The fraction of sp³-hybridized carbons (Fsp3) is 0.385. The lowest BCUT2D eigenvalue weighted by molar-refractivity contribution is 0.526. The number of hydrogen-bond donors (Lipinski definition) is 0. The van der Waals surface area contributed by atoms with Gasteiger partial charge in [-0.2, -0.15) is 0 Å². The molecule has 0 spiro atoms. The summed E-state index contributed by atoms with van der Waals surface area (Å²) in [5.41, 5.74) is 1.15. The van der Waals surface area contributed by atoms with Gasteiger partial charge in [0.25, 0.3) is 0 Å². The Morgan fingerprint density at radius 3 is 2.84 bits per heavy atom. The average molecular weight is 279 g/mol. The lowest BCUT2D eigenvalue weighted by Crippen LogP contribution is -2.08. The highest BCUT2D eigenvalue weighted by atomic mass is 32.2. The van der Waals surface area contributed by atoms with Crippen LogP contribution in [0.3, 0.4) is 0 Å². The van der Waals surface area contributed by atoms with Crippen LogP contribution < -0.4 is 0 Å². The first-order valence-corrected chi connectivity index (χ1v) is 7.48. The smallest absolute Gasteiger partial charge is 0.241 e. The van der Waals surface area contributed by atoms with Crippen LogP contribution >= 0.6 is 0 Å². The third-order valence-electron chi connectivity index (χ3n) is 3.44. The Kier molecular flexibility index (Phi) is 3.18. The van der Waals surface area contributed by atoms with Crippen LogP contribution in [-0.2, 0) is 10.8 Å². The van der Waals surface area contributed by atoms with Gasteiger partial charge >= 0.3 is 0 Å². The van der Waals surface area contributed by atoms with Crippen LogP contribution in [0.4, 0.5) is 4.39 Å². The maximum absolute atomic E-state index is 12.5. The highest BCUT2D eigenvalue weighted by Gasteiger charge is 2.33. The molecule has 19 heavy (non-hydrogen) atoms. The van der Waals surface area contributed by atoms with Crippen molar-refractivity contribution in [1.29, 1.82) is 0 Å². The van der Waals surface area contributed by atoms with Crippen molar-refractivity contribution in [1.82, 2.24) is 14.8 Å². The van der Waals surface area contributed by atoms with Gasteiger partial charge in [-0.25, -0.2) is 18.3 Å². The minimum Gasteiger partial charge on any atom is -0.248 e. The molecule has 0 saturated carbocycles. The van der Waals surface area contributed by atoms with Crippen molar-refractivity contribution < 1.29 is 8.60 Å². The zero-order valence-corrected chi connectivity index (χ0v) is 11.3. The summed E-state index contributed by atoms with van der Waals surface area (Å²) < 4.78 is 25.7. The molecule has 0 amide bonds. The predicted octanol–water partition coefficient (Wildman–Crippen LogP) is 2.41. The van der Waals surface area contributed by atoms with Gasteiger partial charge in [-0.15, -0.1) is 5.10 Å². The van der Waals surface area contributed by atoms with E-state index in [0.717, 1.165) is 17.8 Å². The van der Waals surface area contributed by atoms with Crippen LogP contribution in [0.25, 0.3) is 0 Å². The van der Waals surface area contributed by atoms with Gasteiger partial charge in [0.15, 0.2) is 6.01 Å². The van der Waals surface area contributed by atoms with Gasteiger partial charge in [-0.1, -0.05) is 37.3 Å². The third-order valence-corrected chi connectivity index (χ3v) is 4.22. The first kappa shape index (κ1) is 12.5. The Labute approximate surface area is 113 Å². The number of halogens is 1. The number of fused-ring (bicyclic) bond motifs is 1. The molecule has 6 heteroatoms. The van der Waals surface area contributed by atoms with Gasteiger partial charge in [0.05, 0.1) is 6.04 Å². The Bertz CT molecular complexity index is 614. The standard InChI is InChI=1S/C13H14FN3OS/c1-9-7-11(10-5-3-2-4-6-10)17-12(9)15-13(16-17)19(18)8-14/h2-6,9,11H,7-8H2,1H3/t9-,11-,19+/m0/s1. The second kappa shape index (κ2) is 4.85. The monoisotopic (exact) mass is 279 g/mol. The predicted molar refractivity (Wildman–Crippen MR) is 70.0 cm³/mol. The summed E-state index contributed by atoms with van der Waals surface area (Å²) in [5.74, 6) is 1.04. The van der Waals surface area contributed by atoms with Crippen LogP contribution in [-0.4, -0.2) is 25.0 Å². The van der Waals surface area contributed by atoms with E-state index in [0.29, 0.717) is 0 Å². The molecule has 1 aliphatic rings. The number of alkyl halides is 1. The van der Waals surface area contributed by atoms with Crippen molar-refractivity contribution in [2.24, 2.45) is 0 Å². The molecule has 2 aromatic rings. The van der Waals surface area contributed by atoms with E-state index in [1.807, 2.05) is 30.3 Å². The summed E-state index contributed by atoms with van der Waals surface area (Å²) in [5, 5.41) is 4.34. The number of rotatable bonds is 3. The maximum Gasteiger partial charge on any atom is 0.241 e. The molecule has 0 saturated heterocycles. The van der Waals surface area contributed by atoms with Crippen LogP contribution in [0.5, 0.6) is 0 Å². The van der Waals surface area contributed by atoms with Crippen molar-refractivity contribution in [3.8, 4) is 0 Å². The molecule has 3 atom stereocenters. The molecule has 0 unspecified atom stereocenters. The van der Waals surface area contributed by atoms with E-state index in [2.05, 4.69) is 17.0 Å². The molecule has 1 aliphatic heterocycles. The molecule has 2 heterocycles. The Balaban J connectivity index is 2.02. The number of nitrogens with zero attached hydrogens (tertiary/aromatic N) is 3. The number of aromatic nitrogens is 3. The van der Waals surface area contributed by atoms with E-state index in [-0.39, 0.29) is 17.1 Å². The fourth-order valence-corrected chi connectivity index (χ4v) is 2.99. The second-order valence-corrected chi connectivity index (χ2v) is 5.99. The Morgan fingerprint density at radius 2 is 2.16 bits per heavy atom. The maximum atomic E-state index is 12.5. The quantitative estimate of drug-likeness (QED) is 0.867. The van der Waals surface area contributed by atoms with Crippen LogP contribution in [0.2, 0.25) is 0 Å². The first-order valence-electron chi connectivity index (χ1n) is 6.16. The summed E-state index contributed by atoms with van der Waals surface area (Å²) in [6, 6.07) is 9.18. The van der Waals surface area contributed by atoms with Gasteiger partial charge in [0.1, 0.15) is 16.6 Å². The van der Waals surface area contributed by atoms with Gasteiger partial charge < -0.3 is 0 Å². The zero-order valence-electron chi connectivity index (χ0n) is 10.5. The third kappa shape index (κ3) is 2.10. The molecule has 0 bridgehead atoms. The average Bonchev–Trinajstić information content (AvgIpc) is 3.00. The molecule has 3 rings (SSSR count). The molecule has 1 aromatic heterocycles. The summed E-state index contributed by atoms with van der Waals surface area (Å²) in [6.07, 6.45) is 0.919. The zero-order chi connectivity index (χ0) is 13.4. The molecule has 4 nitrogen and oxygen atoms in total. The summed E-state index contributed by atoms with van der Waals surface area (Å²) in [7, 11) is -1.74. The summed E-state index contributed by atoms with van der Waals surface area (Å²) >= 11 is 0. The van der Waals surface area contributed by atoms with E-state index in [4.69, 9.17) is 0 Å². The van der Waals surface area contributed by atoms with E-state index in [1.165, 1.54) is 0 Å². The SMILES string of the molecule is C[C@H]1C[C@@H](c2ccccc2)n2nc([S@](=O)CF)nc21. The van der Waals surface area contributed by atoms with Crippen molar-refractivity contribution in [3.05, 3.63) is 41.7 Å². The first-order chi connectivity index (χ1) is 9.20. The highest BCUT2D eigenvalue weighted by Crippen LogP contribution is 2.38. The van der Waals surface area contributed by atoms with Crippen LogP contribution in [0.1, 0.15) is 36.7 Å². The summed E-state index contributed by atoms with van der Waals surface area (Å²) in [6.45, 7) is 2.06. The van der Waals surface area contributed by atoms with Gasteiger partial charge in [-0.3, -0.25) is 0 Å². The van der Waals surface area contributed by atoms with Crippen molar-refractivity contribution >= 4 is 10.8 Å². The molecular formula is C13H14FN3OS. The molecule has 0 aliphatic carbocycles. The molecule has 0 fully saturated rings.